The Hall–Kier alpha value is -3.60. The SMILES string of the molecule is Cc1ccc2nc(-c3ccncc3)cc(C(=O)NCc3ccncc3)c2c1. The monoisotopic (exact) mass is 354 g/mol. The number of aryl methyl sites for hydroxylation is 1. The van der Waals surface area contributed by atoms with E-state index < -0.39 is 0 Å². The summed E-state index contributed by atoms with van der Waals surface area (Å²) in [6.07, 6.45) is 6.88. The van der Waals surface area contributed by atoms with Crippen molar-refractivity contribution in [2.24, 2.45) is 0 Å². The molecule has 1 aromatic carbocycles. The number of rotatable bonds is 4. The van der Waals surface area contributed by atoms with Crippen LogP contribution in [0.15, 0.2) is 73.3 Å². The zero-order valence-electron chi connectivity index (χ0n) is 14.9. The molecular formula is C22H18N4O. The maximum Gasteiger partial charge on any atom is 0.252 e. The van der Waals surface area contributed by atoms with Crippen molar-refractivity contribution in [2.45, 2.75) is 13.5 Å². The molecule has 0 atom stereocenters. The molecule has 4 rings (SSSR count). The summed E-state index contributed by atoms with van der Waals surface area (Å²) in [5.74, 6) is -0.125. The third kappa shape index (κ3) is 3.67. The third-order valence-corrected chi connectivity index (χ3v) is 4.39. The highest BCUT2D eigenvalue weighted by molar-refractivity contribution is 6.07. The molecule has 0 spiro atoms. The average molecular weight is 354 g/mol. The molecule has 5 nitrogen and oxygen atoms in total. The Morgan fingerprint density at radius 2 is 1.63 bits per heavy atom. The van der Waals surface area contributed by atoms with Crippen molar-refractivity contribution in [1.82, 2.24) is 20.3 Å². The Morgan fingerprint density at radius 1 is 0.926 bits per heavy atom. The third-order valence-electron chi connectivity index (χ3n) is 4.39. The van der Waals surface area contributed by atoms with Crippen LogP contribution in [0.25, 0.3) is 22.2 Å². The Labute approximate surface area is 157 Å². The molecule has 0 unspecified atom stereocenters. The van der Waals surface area contributed by atoms with Gasteiger partial charge in [0.25, 0.3) is 5.91 Å². The van der Waals surface area contributed by atoms with E-state index in [2.05, 4.69) is 15.3 Å². The second-order valence-corrected chi connectivity index (χ2v) is 6.35. The van der Waals surface area contributed by atoms with E-state index in [0.717, 1.165) is 33.3 Å². The van der Waals surface area contributed by atoms with Crippen LogP contribution in [0.5, 0.6) is 0 Å². The molecule has 1 amide bonds. The van der Waals surface area contributed by atoms with Crippen molar-refractivity contribution >= 4 is 16.8 Å². The minimum Gasteiger partial charge on any atom is -0.348 e. The highest BCUT2D eigenvalue weighted by Crippen LogP contribution is 2.25. The molecule has 0 saturated carbocycles. The fourth-order valence-electron chi connectivity index (χ4n) is 2.98. The maximum absolute atomic E-state index is 13.0. The summed E-state index contributed by atoms with van der Waals surface area (Å²) < 4.78 is 0. The van der Waals surface area contributed by atoms with Crippen molar-refractivity contribution in [3.8, 4) is 11.3 Å². The number of nitrogens with zero attached hydrogens (tertiary/aromatic N) is 3. The van der Waals surface area contributed by atoms with Crippen LogP contribution < -0.4 is 5.32 Å². The highest BCUT2D eigenvalue weighted by Gasteiger charge is 2.14. The minimum absolute atomic E-state index is 0.125. The fourth-order valence-corrected chi connectivity index (χ4v) is 2.98. The number of aromatic nitrogens is 3. The first-order valence-corrected chi connectivity index (χ1v) is 8.69. The lowest BCUT2D eigenvalue weighted by atomic mass is 10.0. The Bertz CT molecular complexity index is 1100. The highest BCUT2D eigenvalue weighted by atomic mass is 16.1. The van der Waals surface area contributed by atoms with E-state index in [9.17, 15) is 4.79 Å². The van der Waals surface area contributed by atoms with Gasteiger partial charge < -0.3 is 5.32 Å². The van der Waals surface area contributed by atoms with Gasteiger partial charge in [0.2, 0.25) is 0 Å². The van der Waals surface area contributed by atoms with Gasteiger partial charge in [-0.15, -0.1) is 0 Å². The van der Waals surface area contributed by atoms with E-state index >= 15 is 0 Å². The molecular weight excluding hydrogens is 336 g/mol. The summed E-state index contributed by atoms with van der Waals surface area (Å²) in [7, 11) is 0. The Kier molecular flexibility index (Phi) is 4.58. The summed E-state index contributed by atoms with van der Waals surface area (Å²) in [6, 6.07) is 15.4. The van der Waals surface area contributed by atoms with Crippen molar-refractivity contribution in [3.05, 3.63) is 90.0 Å². The number of nitrogens with one attached hydrogen (secondary N) is 1. The Morgan fingerprint density at radius 3 is 2.37 bits per heavy atom. The molecule has 4 aromatic rings. The van der Waals surface area contributed by atoms with Crippen LogP contribution in [-0.4, -0.2) is 20.9 Å². The molecule has 0 fully saturated rings. The van der Waals surface area contributed by atoms with Gasteiger partial charge in [0.15, 0.2) is 0 Å². The number of carbonyl (C=O) groups is 1. The zero-order chi connectivity index (χ0) is 18.6. The lowest BCUT2D eigenvalue weighted by Crippen LogP contribution is -2.23. The second kappa shape index (κ2) is 7.33. The molecule has 3 heterocycles. The largest absolute Gasteiger partial charge is 0.348 e. The molecule has 0 bridgehead atoms. The second-order valence-electron chi connectivity index (χ2n) is 6.35. The maximum atomic E-state index is 13.0. The van der Waals surface area contributed by atoms with E-state index in [0.29, 0.717) is 12.1 Å². The lowest BCUT2D eigenvalue weighted by molar-refractivity contribution is 0.0952. The van der Waals surface area contributed by atoms with Gasteiger partial charge in [-0.1, -0.05) is 11.6 Å². The van der Waals surface area contributed by atoms with E-state index in [1.165, 1.54) is 0 Å². The summed E-state index contributed by atoms with van der Waals surface area (Å²) in [4.78, 5) is 25.7. The van der Waals surface area contributed by atoms with Gasteiger partial charge in [-0.05, 0) is 55.0 Å². The Balaban J connectivity index is 1.75. The van der Waals surface area contributed by atoms with Crippen LogP contribution in [0, 0.1) is 6.92 Å². The van der Waals surface area contributed by atoms with Crippen LogP contribution in [0.2, 0.25) is 0 Å². The number of carbonyl (C=O) groups excluding carboxylic acids is 1. The minimum atomic E-state index is -0.125. The van der Waals surface area contributed by atoms with Gasteiger partial charge in [-0.3, -0.25) is 14.8 Å². The van der Waals surface area contributed by atoms with Gasteiger partial charge >= 0.3 is 0 Å². The summed E-state index contributed by atoms with van der Waals surface area (Å²) in [5, 5.41) is 3.85. The summed E-state index contributed by atoms with van der Waals surface area (Å²) in [6.45, 7) is 2.45. The molecule has 0 aliphatic heterocycles. The molecule has 5 heteroatoms. The van der Waals surface area contributed by atoms with Crippen molar-refractivity contribution in [3.63, 3.8) is 0 Å². The summed E-state index contributed by atoms with van der Waals surface area (Å²) >= 11 is 0. The number of benzene rings is 1. The van der Waals surface area contributed by atoms with Gasteiger partial charge in [0, 0.05) is 42.3 Å². The summed E-state index contributed by atoms with van der Waals surface area (Å²) in [5.41, 5.74) is 5.18. The zero-order valence-corrected chi connectivity index (χ0v) is 14.9. The number of pyridine rings is 3. The molecule has 1 N–H and O–H groups in total. The molecule has 0 saturated heterocycles. The molecule has 27 heavy (non-hydrogen) atoms. The number of hydrogen-bond acceptors (Lipinski definition) is 4. The number of fused-ring (bicyclic) bond motifs is 1. The average Bonchev–Trinajstić information content (AvgIpc) is 2.72. The van der Waals surface area contributed by atoms with Crippen molar-refractivity contribution < 1.29 is 4.79 Å². The smallest absolute Gasteiger partial charge is 0.252 e. The fraction of sp³-hybridized carbons (Fsp3) is 0.0909. The van der Waals surface area contributed by atoms with Gasteiger partial charge in [-0.25, -0.2) is 4.98 Å². The molecule has 132 valence electrons. The van der Waals surface area contributed by atoms with E-state index in [4.69, 9.17) is 4.98 Å². The van der Waals surface area contributed by atoms with Crippen molar-refractivity contribution in [2.75, 3.05) is 0 Å². The van der Waals surface area contributed by atoms with E-state index in [1.54, 1.807) is 24.8 Å². The molecule has 3 aromatic heterocycles. The number of amides is 1. The number of hydrogen-bond donors (Lipinski definition) is 1. The van der Waals surface area contributed by atoms with Gasteiger partial charge in [0.05, 0.1) is 16.8 Å². The van der Waals surface area contributed by atoms with Crippen LogP contribution in [0.3, 0.4) is 0 Å². The molecule has 0 radical (unpaired) electrons. The standard InChI is InChI=1S/C22H18N4O/c1-15-2-3-20-18(12-15)19(13-21(26-20)17-6-10-24-11-7-17)22(27)25-14-16-4-8-23-9-5-16/h2-13H,14H2,1H3,(H,25,27). The quantitative estimate of drug-likeness (QED) is 0.603. The predicted molar refractivity (Wildman–Crippen MR) is 105 cm³/mol. The van der Waals surface area contributed by atoms with Gasteiger partial charge in [0.1, 0.15) is 0 Å². The van der Waals surface area contributed by atoms with Crippen LogP contribution >= 0.6 is 0 Å². The lowest BCUT2D eigenvalue weighted by Gasteiger charge is -2.11. The van der Waals surface area contributed by atoms with Gasteiger partial charge in [-0.2, -0.15) is 0 Å². The molecule has 0 aliphatic rings. The van der Waals surface area contributed by atoms with Crippen LogP contribution in [0.1, 0.15) is 21.5 Å². The predicted octanol–water partition coefficient (Wildman–Crippen LogP) is 3.93. The molecule has 0 aliphatic carbocycles. The van der Waals surface area contributed by atoms with E-state index in [-0.39, 0.29) is 5.91 Å². The van der Waals surface area contributed by atoms with E-state index in [1.807, 2.05) is 55.5 Å². The first-order chi connectivity index (χ1) is 13.2. The van der Waals surface area contributed by atoms with Crippen LogP contribution in [0.4, 0.5) is 0 Å². The first kappa shape index (κ1) is 16.8. The topological polar surface area (TPSA) is 67.8 Å². The first-order valence-electron chi connectivity index (χ1n) is 8.69. The van der Waals surface area contributed by atoms with Crippen molar-refractivity contribution in [1.29, 1.82) is 0 Å². The van der Waals surface area contributed by atoms with Crippen LogP contribution in [-0.2, 0) is 6.54 Å². The normalized spacial score (nSPS) is 10.7.